The topological polar surface area (TPSA) is 54.6 Å². The maximum Gasteiger partial charge on any atom is 0.255 e. The molecular formula is C18H13FN2O2. The van der Waals surface area contributed by atoms with Crippen molar-refractivity contribution in [3.8, 4) is 0 Å². The van der Waals surface area contributed by atoms with Gasteiger partial charge < -0.3 is 9.73 Å². The maximum absolute atomic E-state index is 12.8. The first-order valence-corrected chi connectivity index (χ1v) is 6.95. The molecule has 0 saturated carbocycles. The van der Waals surface area contributed by atoms with E-state index >= 15 is 0 Å². The van der Waals surface area contributed by atoms with Gasteiger partial charge in [0.25, 0.3) is 5.91 Å². The van der Waals surface area contributed by atoms with Crippen molar-refractivity contribution < 1.29 is 13.6 Å². The van der Waals surface area contributed by atoms with Gasteiger partial charge in [-0.3, -0.25) is 9.79 Å². The fraction of sp³-hybridized carbons (Fsp3) is 0. The fourth-order valence-electron chi connectivity index (χ4n) is 1.94. The lowest BCUT2D eigenvalue weighted by Gasteiger charge is -2.05. The number of carbonyl (C=O) groups excluding carboxylic acids is 1. The van der Waals surface area contributed by atoms with Crippen molar-refractivity contribution in [2.45, 2.75) is 0 Å². The zero-order valence-electron chi connectivity index (χ0n) is 12.1. The lowest BCUT2D eigenvalue weighted by Crippen LogP contribution is -2.11. The average Bonchev–Trinajstić information content (AvgIpc) is 3.08. The minimum Gasteiger partial charge on any atom is -0.463 e. The number of nitrogens with zero attached hydrogens (tertiary/aromatic N) is 1. The second kappa shape index (κ2) is 6.70. The number of amides is 1. The molecule has 4 nitrogen and oxygen atoms in total. The molecule has 1 heterocycles. The molecule has 23 heavy (non-hydrogen) atoms. The van der Waals surface area contributed by atoms with E-state index in [1.165, 1.54) is 24.3 Å². The molecular weight excluding hydrogens is 295 g/mol. The molecule has 0 aliphatic rings. The van der Waals surface area contributed by atoms with E-state index in [2.05, 4.69) is 10.3 Å². The van der Waals surface area contributed by atoms with Gasteiger partial charge in [0.1, 0.15) is 11.6 Å². The second-order valence-electron chi connectivity index (χ2n) is 4.78. The van der Waals surface area contributed by atoms with Crippen LogP contribution in [0.3, 0.4) is 0 Å². The summed E-state index contributed by atoms with van der Waals surface area (Å²) in [7, 11) is 0. The quantitative estimate of drug-likeness (QED) is 0.725. The van der Waals surface area contributed by atoms with Crippen LogP contribution in [0.5, 0.6) is 0 Å². The molecule has 0 spiro atoms. The van der Waals surface area contributed by atoms with Gasteiger partial charge in [-0.25, -0.2) is 4.39 Å². The summed E-state index contributed by atoms with van der Waals surface area (Å²) in [4.78, 5) is 16.3. The van der Waals surface area contributed by atoms with Gasteiger partial charge >= 0.3 is 0 Å². The van der Waals surface area contributed by atoms with Crippen LogP contribution in [0, 0.1) is 5.82 Å². The van der Waals surface area contributed by atoms with E-state index in [4.69, 9.17) is 4.42 Å². The summed E-state index contributed by atoms with van der Waals surface area (Å²) in [5.41, 5.74) is 1.77. The number of anilines is 1. The van der Waals surface area contributed by atoms with Gasteiger partial charge in [0, 0.05) is 11.3 Å². The zero-order chi connectivity index (χ0) is 16.1. The molecule has 1 aromatic heterocycles. The Kier molecular flexibility index (Phi) is 4.29. The summed E-state index contributed by atoms with van der Waals surface area (Å²) >= 11 is 0. The smallest absolute Gasteiger partial charge is 0.255 e. The van der Waals surface area contributed by atoms with Gasteiger partial charge in [-0.2, -0.15) is 0 Å². The predicted molar refractivity (Wildman–Crippen MR) is 86.8 cm³/mol. The Bertz CT molecular complexity index is 807. The highest BCUT2D eigenvalue weighted by atomic mass is 19.1. The number of halogens is 1. The van der Waals surface area contributed by atoms with Crippen molar-refractivity contribution >= 4 is 23.5 Å². The molecule has 0 fully saturated rings. The Balaban J connectivity index is 1.65. The number of hydrogen-bond donors (Lipinski definition) is 1. The highest BCUT2D eigenvalue weighted by Crippen LogP contribution is 2.17. The molecule has 114 valence electrons. The average molecular weight is 308 g/mol. The number of furan rings is 1. The van der Waals surface area contributed by atoms with Crippen molar-refractivity contribution in [3.05, 3.63) is 84.1 Å². The SMILES string of the molecule is O=C(Nc1ccc(N=Cc2ccco2)cc1)c1ccc(F)cc1. The summed E-state index contributed by atoms with van der Waals surface area (Å²) in [6.45, 7) is 0. The van der Waals surface area contributed by atoms with Crippen LogP contribution < -0.4 is 5.32 Å². The Morgan fingerprint density at radius 3 is 2.43 bits per heavy atom. The maximum atomic E-state index is 12.8. The van der Waals surface area contributed by atoms with Gasteiger partial charge in [-0.05, 0) is 60.7 Å². The zero-order valence-corrected chi connectivity index (χ0v) is 12.1. The lowest BCUT2D eigenvalue weighted by molar-refractivity contribution is 0.102. The molecule has 2 aromatic carbocycles. The normalized spacial score (nSPS) is 10.8. The first kappa shape index (κ1) is 14.7. The number of hydrogen-bond acceptors (Lipinski definition) is 3. The Morgan fingerprint density at radius 2 is 1.78 bits per heavy atom. The molecule has 0 aliphatic heterocycles. The first-order valence-electron chi connectivity index (χ1n) is 6.95. The van der Waals surface area contributed by atoms with Crippen LogP contribution in [-0.2, 0) is 0 Å². The van der Waals surface area contributed by atoms with Crippen LogP contribution in [0.15, 0.2) is 76.3 Å². The summed E-state index contributed by atoms with van der Waals surface area (Å²) in [6, 6.07) is 16.0. The largest absolute Gasteiger partial charge is 0.463 e. The van der Waals surface area contributed by atoms with Crippen LogP contribution in [0.2, 0.25) is 0 Å². The molecule has 3 aromatic rings. The minimum absolute atomic E-state index is 0.295. The molecule has 0 saturated heterocycles. The molecule has 3 rings (SSSR count). The van der Waals surface area contributed by atoms with E-state index in [0.29, 0.717) is 17.0 Å². The summed E-state index contributed by atoms with van der Waals surface area (Å²) in [6.07, 6.45) is 3.20. The van der Waals surface area contributed by atoms with E-state index in [9.17, 15) is 9.18 Å². The summed E-state index contributed by atoms with van der Waals surface area (Å²) in [5.74, 6) is -0.00384. The van der Waals surface area contributed by atoms with E-state index in [1.54, 1.807) is 48.9 Å². The number of aliphatic imine (C=N–C) groups is 1. The van der Waals surface area contributed by atoms with Gasteiger partial charge in [-0.1, -0.05) is 0 Å². The molecule has 0 bridgehead atoms. The third-order valence-electron chi connectivity index (χ3n) is 3.12. The lowest BCUT2D eigenvalue weighted by atomic mass is 10.2. The van der Waals surface area contributed by atoms with Crippen LogP contribution in [0.25, 0.3) is 0 Å². The van der Waals surface area contributed by atoms with Crippen molar-refractivity contribution in [1.82, 2.24) is 0 Å². The van der Waals surface area contributed by atoms with Crippen molar-refractivity contribution in [2.24, 2.45) is 4.99 Å². The number of nitrogens with one attached hydrogen (secondary N) is 1. The Hall–Kier alpha value is -3.21. The molecule has 0 atom stereocenters. The highest BCUT2D eigenvalue weighted by molar-refractivity contribution is 6.04. The monoisotopic (exact) mass is 308 g/mol. The molecule has 1 amide bonds. The second-order valence-corrected chi connectivity index (χ2v) is 4.78. The number of rotatable bonds is 4. The number of benzene rings is 2. The summed E-state index contributed by atoms with van der Waals surface area (Å²) < 4.78 is 18.0. The van der Waals surface area contributed by atoms with E-state index in [1.807, 2.05) is 0 Å². The van der Waals surface area contributed by atoms with Gasteiger partial charge in [0.2, 0.25) is 0 Å². The van der Waals surface area contributed by atoms with Crippen molar-refractivity contribution in [3.63, 3.8) is 0 Å². The molecule has 0 aliphatic carbocycles. The van der Waals surface area contributed by atoms with Gasteiger partial charge in [-0.15, -0.1) is 0 Å². The highest BCUT2D eigenvalue weighted by Gasteiger charge is 2.05. The van der Waals surface area contributed by atoms with Crippen molar-refractivity contribution in [1.29, 1.82) is 0 Å². The van der Waals surface area contributed by atoms with Gasteiger partial charge in [0.05, 0.1) is 18.2 Å². The van der Waals surface area contributed by atoms with Gasteiger partial charge in [0.15, 0.2) is 0 Å². The Labute approximate surface area is 132 Å². The van der Waals surface area contributed by atoms with E-state index in [0.717, 1.165) is 5.69 Å². The fourth-order valence-corrected chi connectivity index (χ4v) is 1.94. The van der Waals surface area contributed by atoms with Crippen LogP contribution in [0.1, 0.15) is 16.1 Å². The van der Waals surface area contributed by atoms with E-state index < -0.39 is 0 Å². The van der Waals surface area contributed by atoms with Crippen LogP contribution in [-0.4, -0.2) is 12.1 Å². The molecule has 0 radical (unpaired) electrons. The molecule has 0 unspecified atom stereocenters. The molecule has 5 heteroatoms. The van der Waals surface area contributed by atoms with Crippen LogP contribution in [0.4, 0.5) is 15.8 Å². The third-order valence-corrected chi connectivity index (χ3v) is 3.12. The van der Waals surface area contributed by atoms with Crippen LogP contribution >= 0.6 is 0 Å². The summed E-state index contributed by atoms with van der Waals surface area (Å²) in [5, 5.41) is 2.74. The molecule has 1 N–H and O–H groups in total. The standard InChI is InChI=1S/C18H13FN2O2/c19-14-5-3-13(4-6-14)18(22)21-16-9-7-15(8-10-16)20-12-17-2-1-11-23-17/h1-12H,(H,21,22). The first-order chi connectivity index (χ1) is 11.2. The van der Waals surface area contributed by atoms with Crippen molar-refractivity contribution in [2.75, 3.05) is 5.32 Å². The number of carbonyl (C=O) groups is 1. The van der Waals surface area contributed by atoms with E-state index in [-0.39, 0.29) is 11.7 Å². The predicted octanol–water partition coefficient (Wildman–Crippen LogP) is 4.42. The minimum atomic E-state index is -0.375. The third kappa shape index (κ3) is 3.91. The Morgan fingerprint density at radius 1 is 1.04 bits per heavy atom.